The molecule has 1 aliphatic rings. The van der Waals surface area contributed by atoms with Gasteiger partial charge in [0.15, 0.2) is 11.4 Å². The van der Waals surface area contributed by atoms with Gasteiger partial charge < -0.3 is 27.7 Å². The van der Waals surface area contributed by atoms with Crippen molar-refractivity contribution < 1.29 is 9.53 Å². The maximum atomic E-state index is 11.4. The highest BCUT2D eigenvalue weighted by Crippen LogP contribution is 2.48. The predicted octanol–water partition coefficient (Wildman–Crippen LogP) is -2.00. The van der Waals surface area contributed by atoms with Gasteiger partial charge in [0.05, 0.1) is 22.6 Å². The Morgan fingerprint density at radius 3 is 1.94 bits per heavy atom. The summed E-state index contributed by atoms with van der Waals surface area (Å²) < 4.78 is 4.84. The lowest BCUT2D eigenvalue weighted by Crippen LogP contribution is -2.51. The van der Waals surface area contributed by atoms with Gasteiger partial charge in [0.1, 0.15) is 5.69 Å². The van der Waals surface area contributed by atoms with Gasteiger partial charge in [-0.2, -0.15) is 0 Å². The van der Waals surface area contributed by atoms with E-state index in [0.717, 1.165) is 0 Å². The van der Waals surface area contributed by atoms with Crippen LogP contribution < -0.4 is 39.1 Å². The Morgan fingerprint density at radius 1 is 0.875 bits per heavy atom. The molecule has 0 radical (unpaired) electrons. The molecule has 1 aromatic carbocycles. The molecule has 0 unspecified atom stereocenters. The number of fused-ring (bicyclic) bond motifs is 1. The minimum atomic E-state index is -1.85. The van der Waals surface area contributed by atoms with Crippen LogP contribution in [0.4, 0.5) is 22.7 Å². The van der Waals surface area contributed by atoms with Gasteiger partial charge in [0.25, 0.3) is 0 Å². The van der Waals surface area contributed by atoms with E-state index in [9.17, 15) is 4.79 Å². The molecule has 1 aromatic rings. The Kier molecular flexibility index (Phi) is 1.73. The Morgan fingerprint density at radius 2 is 1.38 bits per heavy atom. The first-order valence-electron chi connectivity index (χ1n) is 4.34. The third-order valence-corrected chi connectivity index (χ3v) is 2.56. The van der Waals surface area contributed by atoms with E-state index in [1.165, 1.54) is 0 Å². The molecule has 0 spiro atoms. The van der Waals surface area contributed by atoms with E-state index >= 15 is 0 Å². The Balaban J connectivity index is 2.87. The van der Waals surface area contributed by atoms with Crippen LogP contribution in [-0.2, 0) is 10.5 Å². The van der Waals surface area contributed by atoms with E-state index < -0.39 is 11.6 Å². The van der Waals surface area contributed by atoms with Crippen LogP contribution in [0.25, 0.3) is 0 Å². The van der Waals surface area contributed by atoms with Crippen molar-refractivity contribution in [3.05, 3.63) is 5.56 Å². The molecule has 2 rings (SSSR count). The number of nitrogens with two attached hydrogens (primary N) is 6. The highest BCUT2D eigenvalue weighted by Gasteiger charge is 2.46. The van der Waals surface area contributed by atoms with Gasteiger partial charge in [0.2, 0.25) is 0 Å². The number of benzene rings is 1. The topological polar surface area (TPSA) is 182 Å². The van der Waals surface area contributed by atoms with E-state index in [1.807, 2.05) is 0 Å². The molecular weight excluding hydrogens is 212 g/mol. The highest BCUT2D eigenvalue weighted by atomic mass is 16.5. The van der Waals surface area contributed by atoms with Crippen LogP contribution in [0.2, 0.25) is 0 Å². The average Bonchev–Trinajstić information content (AvgIpc) is 2.45. The third-order valence-electron chi connectivity index (χ3n) is 2.56. The number of rotatable bonds is 0. The molecule has 1 aliphatic heterocycles. The smallest absolute Gasteiger partial charge is 0.351 e. The van der Waals surface area contributed by atoms with Gasteiger partial charge in [-0.1, -0.05) is 0 Å². The number of hydrogen-bond donors (Lipinski definition) is 6. The lowest BCUT2D eigenvalue weighted by atomic mass is 9.98. The second-order valence-electron chi connectivity index (χ2n) is 3.62. The lowest BCUT2D eigenvalue weighted by molar-refractivity contribution is -0.138. The van der Waals surface area contributed by atoms with Crippen LogP contribution in [0.1, 0.15) is 5.56 Å². The Hall–Kier alpha value is -2.19. The Bertz CT molecular complexity index is 510. The van der Waals surface area contributed by atoms with Crippen molar-refractivity contribution in [1.29, 1.82) is 0 Å². The number of hydrogen-bond acceptors (Lipinski definition) is 8. The van der Waals surface area contributed by atoms with Crippen molar-refractivity contribution in [3.63, 3.8) is 0 Å². The first kappa shape index (κ1) is 10.3. The molecule has 0 fully saturated rings. The molecule has 16 heavy (non-hydrogen) atoms. The molecule has 0 aromatic heterocycles. The van der Waals surface area contributed by atoms with Gasteiger partial charge in [-0.05, 0) is 0 Å². The van der Waals surface area contributed by atoms with Gasteiger partial charge in [-0.25, -0.2) is 4.79 Å². The number of ether oxygens (including phenoxy) is 1. The zero-order valence-corrected chi connectivity index (χ0v) is 8.28. The summed E-state index contributed by atoms with van der Waals surface area (Å²) in [4.78, 5) is 11.4. The summed E-state index contributed by atoms with van der Waals surface area (Å²) in [7, 11) is 0. The van der Waals surface area contributed by atoms with Crippen molar-refractivity contribution >= 4 is 28.7 Å². The lowest BCUT2D eigenvalue weighted by Gasteiger charge is -2.18. The first-order chi connectivity index (χ1) is 7.28. The quantitative estimate of drug-likeness (QED) is 0.126. The monoisotopic (exact) mass is 224 g/mol. The summed E-state index contributed by atoms with van der Waals surface area (Å²) in [5, 5.41) is 0. The molecular formula is C8H12N6O2. The van der Waals surface area contributed by atoms with Crippen LogP contribution in [0.3, 0.4) is 0 Å². The molecule has 0 saturated carbocycles. The van der Waals surface area contributed by atoms with Gasteiger partial charge in [-0.15, -0.1) is 0 Å². The molecule has 12 N–H and O–H groups in total. The van der Waals surface area contributed by atoms with E-state index in [1.54, 1.807) is 0 Å². The molecule has 8 nitrogen and oxygen atoms in total. The third kappa shape index (κ3) is 0.965. The number of nitrogen functional groups attached to an aromatic ring is 4. The van der Waals surface area contributed by atoms with Gasteiger partial charge in [-0.3, -0.25) is 11.5 Å². The molecule has 0 aliphatic carbocycles. The fraction of sp³-hybridized carbons (Fsp3) is 0.125. The van der Waals surface area contributed by atoms with Crippen molar-refractivity contribution in [1.82, 2.24) is 0 Å². The van der Waals surface area contributed by atoms with E-state index in [-0.39, 0.29) is 34.1 Å². The molecule has 0 bridgehead atoms. The molecule has 0 atom stereocenters. The fourth-order valence-corrected chi connectivity index (χ4v) is 1.60. The predicted molar refractivity (Wildman–Crippen MR) is 59.8 cm³/mol. The number of carbonyl (C=O) groups excluding carboxylic acids is 1. The summed E-state index contributed by atoms with van der Waals surface area (Å²) >= 11 is 0. The van der Waals surface area contributed by atoms with Crippen LogP contribution >= 0.6 is 0 Å². The number of esters is 1. The summed E-state index contributed by atoms with van der Waals surface area (Å²) in [6.45, 7) is 0. The second-order valence-corrected chi connectivity index (χ2v) is 3.62. The first-order valence-corrected chi connectivity index (χ1v) is 4.34. The maximum Gasteiger partial charge on any atom is 0.351 e. The largest absolute Gasteiger partial charge is 0.421 e. The van der Waals surface area contributed by atoms with Crippen LogP contribution in [-0.4, -0.2) is 5.97 Å². The highest BCUT2D eigenvalue weighted by molar-refractivity contribution is 6.02. The van der Waals surface area contributed by atoms with Crippen LogP contribution in [0.5, 0.6) is 5.75 Å². The number of carbonyl (C=O) groups is 1. The van der Waals surface area contributed by atoms with Gasteiger partial charge >= 0.3 is 5.97 Å². The van der Waals surface area contributed by atoms with Crippen molar-refractivity contribution in [3.8, 4) is 5.75 Å². The van der Waals surface area contributed by atoms with E-state index in [0.29, 0.717) is 0 Å². The zero-order valence-electron chi connectivity index (χ0n) is 8.28. The summed E-state index contributed by atoms with van der Waals surface area (Å²) in [6.07, 6.45) is 0. The fourth-order valence-electron chi connectivity index (χ4n) is 1.60. The normalized spacial score (nSPS) is 17.0. The zero-order chi connectivity index (χ0) is 12.2. The molecule has 1 heterocycles. The molecule has 86 valence electrons. The van der Waals surface area contributed by atoms with Gasteiger partial charge in [0, 0.05) is 0 Å². The van der Waals surface area contributed by atoms with Crippen LogP contribution in [0.15, 0.2) is 0 Å². The van der Waals surface area contributed by atoms with Crippen molar-refractivity contribution in [2.24, 2.45) is 11.5 Å². The van der Waals surface area contributed by atoms with Crippen molar-refractivity contribution in [2.75, 3.05) is 22.9 Å². The second kappa shape index (κ2) is 2.68. The summed E-state index contributed by atoms with van der Waals surface area (Å²) in [5.41, 5.74) is 32.0. The summed E-state index contributed by atoms with van der Waals surface area (Å²) in [6, 6.07) is 0. The standard InChI is InChI=1S/C8H12N6O2/c9-2-1-6(5(12)4(11)3(2)10)16-7(15)8(1,13)14/h9-14H2. The van der Waals surface area contributed by atoms with E-state index in [4.69, 9.17) is 39.1 Å². The maximum absolute atomic E-state index is 11.4. The number of anilines is 4. The molecule has 8 heteroatoms. The molecule has 0 amide bonds. The Labute approximate surface area is 90.5 Å². The van der Waals surface area contributed by atoms with Crippen LogP contribution in [0, 0.1) is 0 Å². The van der Waals surface area contributed by atoms with E-state index in [2.05, 4.69) is 0 Å². The molecule has 0 saturated heterocycles. The average molecular weight is 224 g/mol. The van der Waals surface area contributed by atoms with Crippen molar-refractivity contribution in [2.45, 2.75) is 5.66 Å². The minimum absolute atomic E-state index is 0.00725. The SMILES string of the molecule is Nc1c(N)c(N)c2c(c1N)OC(=O)C2(N)N. The summed E-state index contributed by atoms with van der Waals surface area (Å²) in [5.74, 6) is -0.870. The minimum Gasteiger partial charge on any atom is -0.421 e.